The molecule has 0 bridgehead atoms. The van der Waals surface area contributed by atoms with Crippen molar-refractivity contribution in [1.29, 1.82) is 0 Å². The first-order valence-corrected chi connectivity index (χ1v) is 9.83. The number of hydrogen-bond donors (Lipinski definition) is 3. The molecule has 2 aromatic carbocycles. The van der Waals surface area contributed by atoms with Crippen LogP contribution < -0.4 is 5.73 Å². The average molecular weight is 385 g/mol. The van der Waals surface area contributed by atoms with Crippen LogP contribution in [0.25, 0.3) is 33.1 Å². The topological polar surface area (TPSA) is 91.1 Å². The zero-order valence-electron chi connectivity index (χ0n) is 16.2. The van der Waals surface area contributed by atoms with Crippen LogP contribution in [0.3, 0.4) is 0 Å². The summed E-state index contributed by atoms with van der Waals surface area (Å²) in [5.41, 5.74) is 12.9. The maximum absolute atomic E-state index is 9.24. The van der Waals surface area contributed by atoms with Crippen LogP contribution in [0.5, 0.6) is 0 Å². The van der Waals surface area contributed by atoms with Crippen LogP contribution in [0, 0.1) is 0 Å². The van der Waals surface area contributed by atoms with Crippen LogP contribution >= 0.6 is 0 Å². The van der Waals surface area contributed by atoms with Gasteiger partial charge in [0.1, 0.15) is 22.7 Å². The number of benzene rings is 2. The lowest BCUT2D eigenvalue weighted by atomic mass is 10.0. The number of pyridine rings is 1. The number of rotatable bonds is 4. The van der Waals surface area contributed by atoms with E-state index < -0.39 is 0 Å². The second-order valence-electron chi connectivity index (χ2n) is 7.58. The van der Waals surface area contributed by atoms with Gasteiger partial charge in [0, 0.05) is 17.6 Å². The van der Waals surface area contributed by atoms with E-state index in [1.165, 1.54) is 5.70 Å². The first-order valence-electron chi connectivity index (χ1n) is 9.83. The van der Waals surface area contributed by atoms with E-state index in [0.717, 1.165) is 63.8 Å². The summed E-state index contributed by atoms with van der Waals surface area (Å²) in [6, 6.07) is 14.0. The van der Waals surface area contributed by atoms with Crippen LogP contribution in [-0.4, -0.2) is 31.5 Å². The molecule has 5 rings (SSSR count). The lowest BCUT2D eigenvalue weighted by Crippen LogP contribution is -2.17. The van der Waals surface area contributed by atoms with Crippen molar-refractivity contribution in [2.24, 2.45) is 0 Å². The van der Waals surface area contributed by atoms with Gasteiger partial charge in [-0.2, -0.15) is 0 Å². The minimum absolute atomic E-state index is 0.0420. The Morgan fingerprint density at radius 2 is 1.90 bits per heavy atom. The number of aliphatic hydroxyl groups is 1. The summed E-state index contributed by atoms with van der Waals surface area (Å²) in [5.74, 6) is 1.34. The van der Waals surface area contributed by atoms with Gasteiger partial charge in [-0.1, -0.05) is 36.9 Å². The van der Waals surface area contributed by atoms with Crippen molar-refractivity contribution in [1.82, 2.24) is 19.9 Å². The van der Waals surface area contributed by atoms with E-state index in [9.17, 15) is 5.11 Å². The van der Waals surface area contributed by atoms with Crippen molar-refractivity contribution in [2.45, 2.75) is 26.0 Å². The maximum atomic E-state index is 9.24. The number of aliphatic hydroxyl groups excluding tert-OH is 1. The van der Waals surface area contributed by atoms with E-state index >= 15 is 0 Å². The van der Waals surface area contributed by atoms with Crippen molar-refractivity contribution in [3.05, 3.63) is 66.1 Å². The van der Waals surface area contributed by atoms with Crippen molar-refractivity contribution >= 4 is 27.8 Å². The molecule has 1 aliphatic rings. The number of anilines is 1. The monoisotopic (exact) mass is 385 g/mol. The number of nitrogens with zero attached hydrogens (tertiary/aromatic N) is 3. The van der Waals surface area contributed by atoms with Gasteiger partial charge in [-0.15, -0.1) is 0 Å². The maximum Gasteiger partial charge on any atom is 0.150 e. The number of aromatic nitrogens is 3. The summed E-state index contributed by atoms with van der Waals surface area (Å²) in [6.45, 7) is 5.91. The van der Waals surface area contributed by atoms with Crippen LogP contribution in [0.2, 0.25) is 0 Å². The molecule has 6 heteroatoms. The molecule has 1 fully saturated rings. The fourth-order valence-corrected chi connectivity index (χ4v) is 4.03. The Labute approximate surface area is 168 Å². The van der Waals surface area contributed by atoms with Gasteiger partial charge < -0.3 is 20.7 Å². The van der Waals surface area contributed by atoms with Gasteiger partial charge >= 0.3 is 0 Å². The molecule has 0 amide bonds. The van der Waals surface area contributed by atoms with Gasteiger partial charge in [-0.05, 0) is 41.7 Å². The summed E-state index contributed by atoms with van der Waals surface area (Å²) < 4.78 is 0. The van der Waals surface area contributed by atoms with Crippen molar-refractivity contribution in [2.75, 3.05) is 12.3 Å². The summed E-state index contributed by atoms with van der Waals surface area (Å²) in [4.78, 5) is 15.1. The summed E-state index contributed by atoms with van der Waals surface area (Å²) >= 11 is 0. The lowest BCUT2D eigenvalue weighted by Gasteiger charge is -2.16. The highest BCUT2D eigenvalue weighted by Gasteiger charge is 2.18. The Balaban J connectivity index is 1.56. The Hall–Kier alpha value is -3.38. The SMILES string of the molecule is C=C1CCCN1Cc1nc2c([nH]1)c(N)nc1cc(-c3ccc(CO)cc3)ccc12. The van der Waals surface area contributed by atoms with E-state index in [1.807, 2.05) is 30.3 Å². The Kier molecular flexibility index (Phi) is 4.21. The first-order chi connectivity index (χ1) is 14.1. The normalized spacial score (nSPS) is 14.4. The van der Waals surface area contributed by atoms with Gasteiger partial charge in [0.05, 0.1) is 18.7 Å². The molecule has 0 aliphatic carbocycles. The highest BCUT2D eigenvalue weighted by molar-refractivity contribution is 6.07. The molecule has 2 aromatic heterocycles. The van der Waals surface area contributed by atoms with E-state index in [-0.39, 0.29) is 6.61 Å². The first kappa shape index (κ1) is 17.7. The molecule has 29 heavy (non-hydrogen) atoms. The van der Waals surface area contributed by atoms with Crippen LogP contribution in [0.4, 0.5) is 5.82 Å². The van der Waals surface area contributed by atoms with Gasteiger partial charge in [0.15, 0.2) is 0 Å². The number of fused-ring (bicyclic) bond motifs is 3. The number of H-pyrrole nitrogens is 1. The zero-order chi connectivity index (χ0) is 20.0. The molecule has 0 radical (unpaired) electrons. The Bertz CT molecular complexity index is 1230. The molecule has 146 valence electrons. The molecule has 3 heterocycles. The Morgan fingerprint density at radius 3 is 2.62 bits per heavy atom. The van der Waals surface area contributed by atoms with Crippen molar-refractivity contribution < 1.29 is 5.11 Å². The van der Waals surface area contributed by atoms with Gasteiger partial charge in [-0.3, -0.25) is 0 Å². The predicted molar refractivity (Wildman–Crippen MR) is 116 cm³/mol. The zero-order valence-corrected chi connectivity index (χ0v) is 16.2. The minimum atomic E-state index is 0.0420. The van der Waals surface area contributed by atoms with Crippen LogP contribution in [0.15, 0.2) is 54.7 Å². The van der Waals surface area contributed by atoms with Crippen LogP contribution in [-0.2, 0) is 13.2 Å². The van der Waals surface area contributed by atoms with Crippen molar-refractivity contribution in [3.8, 4) is 11.1 Å². The van der Waals surface area contributed by atoms with Gasteiger partial charge in [0.2, 0.25) is 0 Å². The number of imidazole rings is 1. The average Bonchev–Trinajstić information content (AvgIpc) is 3.35. The third-order valence-corrected chi connectivity index (χ3v) is 5.65. The van der Waals surface area contributed by atoms with E-state index in [0.29, 0.717) is 12.4 Å². The second-order valence-corrected chi connectivity index (χ2v) is 7.58. The summed E-state index contributed by atoms with van der Waals surface area (Å²) in [5, 5.41) is 10.2. The summed E-state index contributed by atoms with van der Waals surface area (Å²) in [6.07, 6.45) is 2.20. The smallest absolute Gasteiger partial charge is 0.150 e. The molecule has 1 aliphatic heterocycles. The number of nitrogens with two attached hydrogens (primary N) is 1. The van der Waals surface area contributed by atoms with Crippen molar-refractivity contribution in [3.63, 3.8) is 0 Å². The number of allylic oxidation sites excluding steroid dienone is 1. The number of nitrogens with one attached hydrogen (secondary N) is 1. The third-order valence-electron chi connectivity index (χ3n) is 5.65. The standard InChI is InChI=1S/C23H23N5O/c1-14-3-2-10-28(14)12-20-26-21-18-9-8-17(16-6-4-15(13-29)5-7-16)11-19(18)25-23(24)22(21)27-20/h4-9,11,29H,1-3,10,12-13H2,(H2,24,25)(H,26,27). The molecule has 0 spiro atoms. The molecule has 4 N–H and O–H groups in total. The fraction of sp³-hybridized carbons (Fsp3) is 0.217. The minimum Gasteiger partial charge on any atom is -0.392 e. The lowest BCUT2D eigenvalue weighted by molar-refractivity contribution is 0.282. The summed E-state index contributed by atoms with van der Waals surface area (Å²) in [7, 11) is 0. The number of hydrogen-bond acceptors (Lipinski definition) is 5. The number of likely N-dealkylation sites (tertiary alicyclic amines) is 1. The molecule has 4 aromatic rings. The van der Waals surface area contributed by atoms with E-state index in [2.05, 4.69) is 33.6 Å². The molecule has 1 saturated heterocycles. The number of nitrogen functional groups attached to an aromatic ring is 1. The second kappa shape index (κ2) is 6.90. The third kappa shape index (κ3) is 3.11. The van der Waals surface area contributed by atoms with E-state index in [4.69, 9.17) is 10.7 Å². The van der Waals surface area contributed by atoms with Gasteiger partial charge in [0.25, 0.3) is 0 Å². The quantitative estimate of drug-likeness (QED) is 0.495. The molecule has 0 atom stereocenters. The number of aromatic amines is 1. The van der Waals surface area contributed by atoms with Crippen LogP contribution in [0.1, 0.15) is 24.2 Å². The highest BCUT2D eigenvalue weighted by Crippen LogP contribution is 2.31. The molecule has 0 unspecified atom stereocenters. The Morgan fingerprint density at radius 1 is 1.10 bits per heavy atom. The molecule has 6 nitrogen and oxygen atoms in total. The van der Waals surface area contributed by atoms with Gasteiger partial charge in [-0.25, -0.2) is 9.97 Å². The fourth-order valence-electron chi connectivity index (χ4n) is 4.03. The van der Waals surface area contributed by atoms with E-state index in [1.54, 1.807) is 0 Å². The molecular weight excluding hydrogens is 362 g/mol. The molecular formula is C23H23N5O. The largest absolute Gasteiger partial charge is 0.392 e. The molecule has 0 saturated carbocycles. The highest BCUT2D eigenvalue weighted by atomic mass is 16.3. The predicted octanol–water partition coefficient (Wildman–Crippen LogP) is 3.96.